The van der Waals surface area contributed by atoms with Crippen LogP contribution in [0.5, 0.6) is 0 Å². The first kappa shape index (κ1) is 31.9. The highest BCUT2D eigenvalue weighted by atomic mass is 16.4. The van der Waals surface area contributed by atoms with E-state index < -0.39 is 5.97 Å². The molecule has 0 fully saturated rings. The van der Waals surface area contributed by atoms with E-state index in [9.17, 15) is 4.79 Å². The van der Waals surface area contributed by atoms with E-state index in [4.69, 9.17) is 5.11 Å². The van der Waals surface area contributed by atoms with Crippen molar-refractivity contribution < 1.29 is 9.90 Å². The van der Waals surface area contributed by atoms with Gasteiger partial charge in [0, 0.05) is 23.5 Å². The number of carboxylic acids is 1. The van der Waals surface area contributed by atoms with E-state index in [2.05, 4.69) is 96.8 Å². The van der Waals surface area contributed by atoms with Gasteiger partial charge in [0.05, 0.1) is 0 Å². The van der Waals surface area contributed by atoms with Gasteiger partial charge >= 0.3 is 5.97 Å². The fraction of sp³-hybridized carbons (Fsp3) is 0.417. The molecule has 0 spiro atoms. The summed E-state index contributed by atoms with van der Waals surface area (Å²) < 4.78 is 0. The lowest BCUT2D eigenvalue weighted by molar-refractivity contribution is -0.137. The second-order valence-corrected chi connectivity index (χ2v) is 10.1. The van der Waals surface area contributed by atoms with Crippen LogP contribution in [0.1, 0.15) is 96.8 Å². The normalized spacial score (nSPS) is 10.7. The molecule has 0 unspecified atom stereocenters. The van der Waals surface area contributed by atoms with Crippen molar-refractivity contribution in [3.05, 3.63) is 103 Å². The van der Waals surface area contributed by atoms with E-state index in [1.807, 2.05) is 18.2 Å². The van der Waals surface area contributed by atoms with Crippen molar-refractivity contribution in [2.75, 3.05) is 4.90 Å². The lowest BCUT2D eigenvalue weighted by Gasteiger charge is -2.25. The first-order valence-corrected chi connectivity index (χ1v) is 15.0. The minimum atomic E-state index is -0.664. The SMILES string of the molecule is CCCCCCCC/C=C\CCCCCCCC(=O)O.c1ccc(N(c2ccccc2)c2ccccc2)cc1. The quantitative estimate of drug-likeness (QED) is 0.132. The van der Waals surface area contributed by atoms with Gasteiger partial charge in [-0.2, -0.15) is 0 Å². The average Bonchev–Trinajstić information content (AvgIpc) is 2.97. The molecule has 0 radical (unpaired) electrons. The number of allylic oxidation sites excluding steroid dienone is 2. The number of aliphatic carboxylic acids is 1. The Morgan fingerprint density at radius 1 is 0.564 bits per heavy atom. The van der Waals surface area contributed by atoms with Gasteiger partial charge in [0.15, 0.2) is 0 Å². The van der Waals surface area contributed by atoms with Gasteiger partial charge < -0.3 is 10.0 Å². The summed E-state index contributed by atoms with van der Waals surface area (Å²) in [6.07, 6.45) is 21.2. The molecule has 0 bridgehead atoms. The molecule has 0 saturated carbocycles. The topological polar surface area (TPSA) is 40.5 Å². The second kappa shape index (κ2) is 21.6. The maximum absolute atomic E-state index is 10.3. The van der Waals surface area contributed by atoms with Gasteiger partial charge in [-0.1, -0.05) is 125 Å². The number of nitrogens with zero attached hydrogens (tertiary/aromatic N) is 1. The molecule has 0 aliphatic heterocycles. The molecule has 0 amide bonds. The van der Waals surface area contributed by atoms with E-state index in [-0.39, 0.29) is 0 Å². The summed E-state index contributed by atoms with van der Waals surface area (Å²) in [7, 11) is 0. The van der Waals surface area contributed by atoms with Gasteiger partial charge in [-0.15, -0.1) is 0 Å². The van der Waals surface area contributed by atoms with Crippen molar-refractivity contribution in [3.63, 3.8) is 0 Å². The third-order valence-electron chi connectivity index (χ3n) is 6.70. The molecule has 0 heterocycles. The van der Waals surface area contributed by atoms with Crippen LogP contribution in [0, 0.1) is 0 Å². The number of hydrogen-bond donors (Lipinski definition) is 1. The van der Waals surface area contributed by atoms with Crippen LogP contribution in [0.2, 0.25) is 0 Å². The van der Waals surface area contributed by atoms with E-state index in [1.54, 1.807) is 0 Å². The highest BCUT2D eigenvalue weighted by Gasteiger charge is 2.10. The lowest BCUT2D eigenvalue weighted by Crippen LogP contribution is -2.09. The van der Waals surface area contributed by atoms with Crippen LogP contribution in [0.3, 0.4) is 0 Å². The van der Waals surface area contributed by atoms with Gasteiger partial charge in [0.1, 0.15) is 0 Å². The molecule has 3 rings (SSSR count). The molecule has 0 aliphatic rings. The Balaban J connectivity index is 0.000000273. The summed E-state index contributed by atoms with van der Waals surface area (Å²) in [6, 6.07) is 31.3. The fourth-order valence-corrected chi connectivity index (χ4v) is 4.53. The minimum absolute atomic E-state index is 0.332. The van der Waals surface area contributed by atoms with Crippen molar-refractivity contribution in [2.45, 2.75) is 96.8 Å². The number of para-hydroxylation sites is 3. The molecule has 1 N–H and O–H groups in total. The molecule has 0 saturated heterocycles. The van der Waals surface area contributed by atoms with Crippen LogP contribution in [0.25, 0.3) is 0 Å². The zero-order valence-electron chi connectivity index (χ0n) is 24.0. The summed E-state index contributed by atoms with van der Waals surface area (Å²) in [4.78, 5) is 12.6. The largest absolute Gasteiger partial charge is 0.481 e. The Morgan fingerprint density at radius 2 is 0.923 bits per heavy atom. The monoisotopic (exact) mass is 527 g/mol. The summed E-state index contributed by atoms with van der Waals surface area (Å²) in [5.41, 5.74) is 3.50. The summed E-state index contributed by atoms with van der Waals surface area (Å²) in [6.45, 7) is 2.26. The van der Waals surface area contributed by atoms with Crippen LogP contribution in [0.4, 0.5) is 17.1 Å². The molecule has 0 aromatic heterocycles. The Kier molecular flexibility index (Phi) is 17.6. The molecular weight excluding hydrogens is 478 g/mol. The first-order chi connectivity index (χ1) is 19.2. The van der Waals surface area contributed by atoms with Crippen LogP contribution >= 0.6 is 0 Å². The summed E-state index contributed by atoms with van der Waals surface area (Å²) >= 11 is 0. The standard InChI is InChI=1S/C18H15N.C18H34O2/c1-4-10-16(11-5-1)19(17-12-6-2-7-13-17)18-14-8-3-9-15-18;1-2-3-4-5-6-7-8-9-10-11-12-13-14-15-16-17-18(19)20/h1-15H;9-10H,2-8,11-17H2,1H3,(H,19,20)/b;10-9-. The Labute approximate surface area is 237 Å². The molecule has 3 aromatic carbocycles. The molecule has 3 heteroatoms. The van der Waals surface area contributed by atoms with Crippen molar-refractivity contribution in [1.82, 2.24) is 0 Å². The molecule has 210 valence electrons. The third kappa shape index (κ3) is 15.0. The Morgan fingerprint density at radius 3 is 1.31 bits per heavy atom. The van der Waals surface area contributed by atoms with Crippen molar-refractivity contribution in [1.29, 1.82) is 0 Å². The third-order valence-corrected chi connectivity index (χ3v) is 6.70. The van der Waals surface area contributed by atoms with Crippen molar-refractivity contribution in [3.8, 4) is 0 Å². The number of hydrogen-bond acceptors (Lipinski definition) is 2. The molecule has 3 nitrogen and oxygen atoms in total. The second-order valence-electron chi connectivity index (χ2n) is 10.1. The molecule has 0 atom stereocenters. The van der Waals surface area contributed by atoms with E-state index in [1.165, 1.54) is 87.7 Å². The van der Waals surface area contributed by atoms with Gasteiger partial charge in [0.25, 0.3) is 0 Å². The number of benzene rings is 3. The summed E-state index contributed by atoms with van der Waals surface area (Å²) in [5.74, 6) is -0.664. The molecule has 3 aromatic rings. The van der Waals surface area contributed by atoms with Crippen molar-refractivity contribution in [2.24, 2.45) is 0 Å². The van der Waals surface area contributed by atoms with Crippen molar-refractivity contribution >= 4 is 23.0 Å². The van der Waals surface area contributed by atoms with Gasteiger partial charge in [-0.3, -0.25) is 4.79 Å². The van der Waals surface area contributed by atoms with E-state index in [0.717, 1.165) is 12.8 Å². The number of unbranched alkanes of at least 4 members (excludes halogenated alkanes) is 11. The predicted octanol–water partition coefficient (Wildman–Crippen LogP) is 11.3. The smallest absolute Gasteiger partial charge is 0.303 e. The van der Waals surface area contributed by atoms with Crippen LogP contribution in [0.15, 0.2) is 103 Å². The molecular formula is C36H49NO2. The average molecular weight is 528 g/mol. The Hall–Kier alpha value is -3.33. The van der Waals surface area contributed by atoms with Gasteiger partial charge in [-0.25, -0.2) is 0 Å². The highest BCUT2D eigenvalue weighted by molar-refractivity contribution is 5.76. The fourth-order valence-electron chi connectivity index (χ4n) is 4.53. The number of anilines is 3. The lowest BCUT2D eigenvalue weighted by atomic mass is 10.1. The zero-order chi connectivity index (χ0) is 27.8. The zero-order valence-corrected chi connectivity index (χ0v) is 24.0. The van der Waals surface area contributed by atoms with Gasteiger partial charge in [-0.05, 0) is 68.5 Å². The van der Waals surface area contributed by atoms with Crippen LogP contribution < -0.4 is 4.90 Å². The number of carboxylic acid groups (broad SMARTS) is 1. The Bertz CT molecular complexity index is 908. The first-order valence-electron chi connectivity index (χ1n) is 15.0. The van der Waals surface area contributed by atoms with E-state index >= 15 is 0 Å². The molecule has 39 heavy (non-hydrogen) atoms. The van der Waals surface area contributed by atoms with Crippen LogP contribution in [-0.4, -0.2) is 11.1 Å². The number of carbonyl (C=O) groups is 1. The minimum Gasteiger partial charge on any atom is -0.481 e. The maximum atomic E-state index is 10.3. The van der Waals surface area contributed by atoms with E-state index in [0.29, 0.717) is 6.42 Å². The predicted molar refractivity (Wildman–Crippen MR) is 168 cm³/mol. The number of rotatable bonds is 18. The summed E-state index contributed by atoms with van der Waals surface area (Å²) in [5, 5.41) is 8.51. The highest BCUT2D eigenvalue weighted by Crippen LogP contribution is 2.33. The maximum Gasteiger partial charge on any atom is 0.303 e. The van der Waals surface area contributed by atoms with Crippen LogP contribution in [-0.2, 0) is 4.79 Å². The van der Waals surface area contributed by atoms with Gasteiger partial charge in [0.2, 0.25) is 0 Å². The molecule has 0 aliphatic carbocycles.